The maximum atomic E-state index is 13.8. The molecule has 5 nitrogen and oxygen atoms in total. The van der Waals surface area contributed by atoms with E-state index in [1.807, 2.05) is 0 Å². The van der Waals surface area contributed by atoms with Gasteiger partial charge in [-0.05, 0) is 19.1 Å². The number of nitro benzene ring substituents is 1. The molecule has 0 aromatic heterocycles. The summed E-state index contributed by atoms with van der Waals surface area (Å²) in [5.74, 6) is -3.00. The van der Waals surface area contributed by atoms with Gasteiger partial charge < -0.3 is 9.84 Å². The molecule has 0 amide bonds. The zero-order valence-electron chi connectivity index (χ0n) is 10.9. The number of nitrogens with zero attached hydrogens (tertiary/aromatic N) is 1. The van der Waals surface area contributed by atoms with Crippen LogP contribution in [-0.4, -0.2) is 10.0 Å². The van der Waals surface area contributed by atoms with Crippen LogP contribution in [0.3, 0.4) is 0 Å². The first kappa shape index (κ1) is 14.9. The van der Waals surface area contributed by atoms with Crippen LogP contribution in [0.5, 0.6) is 11.5 Å². The Balaban J connectivity index is 2.56. The fourth-order valence-electron chi connectivity index (χ4n) is 1.81. The van der Waals surface area contributed by atoms with Gasteiger partial charge in [0.25, 0.3) is 0 Å². The summed E-state index contributed by atoms with van der Waals surface area (Å²) < 4.78 is 32.7. The minimum atomic E-state index is -1.08. The van der Waals surface area contributed by atoms with E-state index in [4.69, 9.17) is 4.74 Å². The number of hydrogen-bond acceptors (Lipinski definition) is 4. The van der Waals surface area contributed by atoms with Crippen molar-refractivity contribution >= 4 is 5.69 Å². The molecule has 21 heavy (non-hydrogen) atoms. The van der Waals surface area contributed by atoms with Crippen LogP contribution in [0, 0.1) is 21.7 Å². The molecule has 0 aliphatic rings. The van der Waals surface area contributed by atoms with Gasteiger partial charge in [0.05, 0.1) is 11.0 Å². The zero-order chi connectivity index (χ0) is 15.6. The molecule has 0 aliphatic carbocycles. The van der Waals surface area contributed by atoms with Crippen molar-refractivity contribution in [2.75, 3.05) is 0 Å². The third-order valence-corrected chi connectivity index (χ3v) is 2.79. The molecule has 110 valence electrons. The van der Waals surface area contributed by atoms with Crippen LogP contribution in [0.25, 0.3) is 0 Å². The third-order valence-electron chi connectivity index (χ3n) is 2.79. The first-order valence-corrected chi connectivity index (χ1v) is 5.99. The van der Waals surface area contributed by atoms with Crippen LogP contribution in [0.4, 0.5) is 14.5 Å². The molecular formula is C14H11F2NO4. The van der Waals surface area contributed by atoms with Gasteiger partial charge in [-0.25, -0.2) is 8.78 Å². The number of para-hydroxylation sites is 2. The van der Waals surface area contributed by atoms with Crippen molar-refractivity contribution in [3.8, 4) is 11.5 Å². The molecule has 2 aromatic rings. The lowest BCUT2D eigenvalue weighted by atomic mass is 10.1. The number of hydrogen-bond donors (Lipinski definition) is 1. The fourth-order valence-corrected chi connectivity index (χ4v) is 1.81. The van der Waals surface area contributed by atoms with Gasteiger partial charge in [0, 0.05) is 11.6 Å². The van der Waals surface area contributed by atoms with Gasteiger partial charge in [-0.1, -0.05) is 18.2 Å². The standard InChI is InChI=1S/C14H11F2NO4/c1-8(18)9-4-2-5-10(15)13(9)21-14-11(16)6-3-7-12(14)17(19)20/h2-8,18H,1H3/t8-/m1/s1. The van der Waals surface area contributed by atoms with Crippen LogP contribution in [0.1, 0.15) is 18.6 Å². The molecule has 2 rings (SSSR count). The number of rotatable bonds is 4. The van der Waals surface area contributed by atoms with E-state index in [2.05, 4.69) is 0 Å². The summed E-state index contributed by atoms with van der Waals surface area (Å²) in [6, 6.07) is 6.94. The minimum absolute atomic E-state index is 0.0625. The summed E-state index contributed by atoms with van der Waals surface area (Å²) in [5.41, 5.74) is -0.567. The smallest absolute Gasteiger partial charge is 0.314 e. The molecule has 2 aromatic carbocycles. The molecule has 7 heteroatoms. The summed E-state index contributed by atoms with van der Waals surface area (Å²) in [4.78, 5) is 10.1. The lowest BCUT2D eigenvalue weighted by Crippen LogP contribution is -2.02. The highest BCUT2D eigenvalue weighted by molar-refractivity contribution is 5.50. The van der Waals surface area contributed by atoms with E-state index in [9.17, 15) is 24.0 Å². The molecule has 1 N–H and O–H groups in total. The van der Waals surface area contributed by atoms with Gasteiger partial charge in [0.2, 0.25) is 5.75 Å². The van der Waals surface area contributed by atoms with E-state index >= 15 is 0 Å². The van der Waals surface area contributed by atoms with Crippen LogP contribution in [-0.2, 0) is 0 Å². The number of nitro groups is 1. The Morgan fingerprint density at radius 2 is 1.71 bits per heavy atom. The van der Waals surface area contributed by atoms with Crippen molar-refractivity contribution in [2.45, 2.75) is 13.0 Å². The zero-order valence-corrected chi connectivity index (χ0v) is 10.9. The molecule has 0 fully saturated rings. The fraction of sp³-hybridized carbons (Fsp3) is 0.143. The predicted octanol–water partition coefficient (Wildman–Crippen LogP) is 3.72. The predicted molar refractivity (Wildman–Crippen MR) is 70.2 cm³/mol. The van der Waals surface area contributed by atoms with Gasteiger partial charge in [0.15, 0.2) is 17.4 Å². The van der Waals surface area contributed by atoms with Crippen molar-refractivity contribution in [3.63, 3.8) is 0 Å². The maximum Gasteiger partial charge on any atom is 0.314 e. The van der Waals surface area contributed by atoms with Gasteiger partial charge in [-0.3, -0.25) is 10.1 Å². The van der Waals surface area contributed by atoms with Crippen molar-refractivity contribution in [2.24, 2.45) is 0 Å². The van der Waals surface area contributed by atoms with Gasteiger partial charge >= 0.3 is 5.69 Å². The van der Waals surface area contributed by atoms with Crippen molar-refractivity contribution < 1.29 is 23.5 Å². The quantitative estimate of drug-likeness (QED) is 0.689. The molecule has 0 unspecified atom stereocenters. The van der Waals surface area contributed by atoms with E-state index in [0.717, 1.165) is 24.3 Å². The maximum absolute atomic E-state index is 13.8. The summed E-state index contributed by atoms with van der Waals surface area (Å²) in [6.07, 6.45) is -1.08. The van der Waals surface area contributed by atoms with Crippen molar-refractivity contribution in [1.29, 1.82) is 0 Å². The number of benzene rings is 2. The molecule has 0 saturated carbocycles. The average molecular weight is 295 g/mol. The average Bonchev–Trinajstić information content (AvgIpc) is 2.42. The highest BCUT2D eigenvalue weighted by Crippen LogP contribution is 2.38. The number of ether oxygens (including phenoxy) is 1. The summed E-state index contributed by atoms with van der Waals surface area (Å²) in [5, 5.41) is 20.5. The van der Waals surface area contributed by atoms with Crippen LogP contribution >= 0.6 is 0 Å². The second kappa shape index (κ2) is 5.84. The second-order valence-electron chi connectivity index (χ2n) is 4.28. The Bertz CT molecular complexity index is 689. The number of aliphatic hydroxyl groups is 1. The van der Waals surface area contributed by atoms with E-state index in [0.29, 0.717) is 0 Å². The first-order valence-electron chi connectivity index (χ1n) is 5.99. The Labute approximate surface area is 118 Å². The van der Waals surface area contributed by atoms with Crippen LogP contribution in [0.15, 0.2) is 36.4 Å². The van der Waals surface area contributed by atoms with Crippen molar-refractivity contribution in [3.05, 3.63) is 63.7 Å². The molecular weight excluding hydrogens is 284 g/mol. The van der Waals surface area contributed by atoms with Crippen molar-refractivity contribution in [1.82, 2.24) is 0 Å². The second-order valence-corrected chi connectivity index (χ2v) is 4.28. The lowest BCUT2D eigenvalue weighted by Gasteiger charge is -2.14. The number of halogens is 2. The number of aliphatic hydroxyl groups excluding tert-OH is 1. The highest BCUT2D eigenvalue weighted by atomic mass is 19.1. The Morgan fingerprint density at radius 3 is 2.29 bits per heavy atom. The molecule has 1 atom stereocenters. The Kier molecular flexibility index (Phi) is 4.13. The Hall–Kier alpha value is -2.54. The first-order chi connectivity index (χ1) is 9.91. The van der Waals surface area contributed by atoms with Gasteiger partial charge in [-0.15, -0.1) is 0 Å². The van der Waals surface area contributed by atoms with Crippen LogP contribution < -0.4 is 4.74 Å². The molecule has 0 heterocycles. The minimum Gasteiger partial charge on any atom is -0.444 e. The highest BCUT2D eigenvalue weighted by Gasteiger charge is 2.23. The summed E-state index contributed by atoms with van der Waals surface area (Å²) >= 11 is 0. The van der Waals surface area contributed by atoms with Crippen LogP contribution in [0.2, 0.25) is 0 Å². The molecule has 0 bridgehead atoms. The largest absolute Gasteiger partial charge is 0.444 e. The molecule has 0 saturated heterocycles. The van der Waals surface area contributed by atoms with E-state index in [1.165, 1.54) is 19.1 Å². The topological polar surface area (TPSA) is 72.6 Å². The third kappa shape index (κ3) is 2.97. The molecule has 0 aliphatic heterocycles. The molecule has 0 spiro atoms. The normalized spacial score (nSPS) is 12.0. The Morgan fingerprint density at radius 1 is 1.14 bits per heavy atom. The lowest BCUT2D eigenvalue weighted by molar-refractivity contribution is -0.385. The van der Waals surface area contributed by atoms with Gasteiger partial charge in [0.1, 0.15) is 0 Å². The summed E-state index contributed by atoms with van der Waals surface area (Å²) in [7, 11) is 0. The monoisotopic (exact) mass is 295 g/mol. The SMILES string of the molecule is C[C@@H](O)c1cccc(F)c1Oc1c(F)cccc1[N+](=O)[O-]. The van der Waals surface area contributed by atoms with Gasteiger partial charge in [-0.2, -0.15) is 0 Å². The molecule has 0 radical (unpaired) electrons. The van der Waals surface area contributed by atoms with E-state index < -0.39 is 39.8 Å². The van der Waals surface area contributed by atoms with E-state index in [1.54, 1.807) is 0 Å². The summed E-state index contributed by atoms with van der Waals surface area (Å²) in [6.45, 7) is 1.37. The van der Waals surface area contributed by atoms with E-state index in [-0.39, 0.29) is 5.56 Å².